The van der Waals surface area contributed by atoms with Crippen LogP contribution in [0.25, 0.3) is 0 Å². The first-order valence-corrected chi connectivity index (χ1v) is 9.53. The number of carbonyl (C=O) groups is 1. The van der Waals surface area contributed by atoms with Crippen molar-refractivity contribution in [2.24, 2.45) is 7.05 Å². The highest BCUT2D eigenvalue weighted by Crippen LogP contribution is 2.32. The van der Waals surface area contributed by atoms with Crippen molar-refractivity contribution in [1.29, 1.82) is 0 Å². The van der Waals surface area contributed by atoms with E-state index in [1.54, 1.807) is 10.8 Å². The van der Waals surface area contributed by atoms with Crippen LogP contribution in [0.4, 0.5) is 0 Å². The van der Waals surface area contributed by atoms with Gasteiger partial charge in [0.25, 0.3) is 5.91 Å². The number of hydrogen-bond acceptors (Lipinski definition) is 4. The summed E-state index contributed by atoms with van der Waals surface area (Å²) in [4.78, 5) is 23.5. The molecule has 7 nitrogen and oxygen atoms in total. The Bertz CT molecular complexity index is 767. The summed E-state index contributed by atoms with van der Waals surface area (Å²) in [6, 6.07) is 0.417. The Morgan fingerprint density at radius 2 is 1.88 bits per heavy atom. The highest BCUT2D eigenvalue weighted by molar-refractivity contribution is 5.90. The number of nitrogens with zero attached hydrogens (tertiary/aromatic N) is 5. The van der Waals surface area contributed by atoms with Gasteiger partial charge in [0.15, 0.2) is 5.82 Å². The predicted molar refractivity (Wildman–Crippen MR) is 97.1 cm³/mol. The van der Waals surface area contributed by atoms with Crippen LogP contribution in [-0.4, -0.2) is 56.2 Å². The van der Waals surface area contributed by atoms with Crippen molar-refractivity contribution in [3.8, 4) is 0 Å². The quantitative estimate of drug-likeness (QED) is 0.845. The molecule has 2 aromatic rings. The molecule has 2 aliphatic rings. The molecule has 2 fully saturated rings. The van der Waals surface area contributed by atoms with Crippen LogP contribution in [0.5, 0.6) is 0 Å². The van der Waals surface area contributed by atoms with Crippen LogP contribution in [0, 0.1) is 6.92 Å². The molecule has 7 heteroatoms. The Hall–Kier alpha value is -2.15. The van der Waals surface area contributed by atoms with E-state index in [2.05, 4.69) is 16.5 Å². The van der Waals surface area contributed by atoms with Gasteiger partial charge in [-0.3, -0.25) is 4.79 Å². The largest absolute Gasteiger partial charge is 0.381 e. The van der Waals surface area contributed by atoms with E-state index in [9.17, 15) is 4.79 Å². The lowest BCUT2D eigenvalue weighted by molar-refractivity contribution is 0.0668. The lowest BCUT2D eigenvalue weighted by atomic mass is 9.97. The van der Waals surface area contributed by atoms with Crippen LogP contribution < -0.4 is 0 Å². The summed E-state index contributed by atoms with van der Waals surface area (Å²) < 4.78 is 9.73. The molecule has 0 atom stereocenters. The number of hydrogen-bond donors (Lipinski definition) is 0. The van der Waals surface area contributed by atoms with Crippen LogP contribution in [0.1, 0.15) is 59.8 Å². The minimum Gasteiger partial charge on any atom is -0.381 e. The zero-order chi connectivity index (χ0) is 18.1. The van der Waals surface area contributed by atoms with Gasteiger partial charge in [0.05, 0.1) is 0 Å². The van der Waals surface area contributed by atoms with Crippen molar-refractivity contribution in [1.82, 2.24) is 24.0 Å². The summed E-state index contributed by atoms with van der Waals surface area (Å²) >= 11 is 0. The van der Waals surface area contributed by atoms with E-state index in [1.165, 1.54) is 11.5 Å². The molecule has 2 aliphatic heterocycles. The monoisotopic (exact) mass is 357 g/mol. The molecule has 0 unspecified atom stereocenters. The van der Waals surface area contributed by atoms with Gasteiger partial charge in [-0.05, 0) is 32.6 Å². The summed E-state index contributed by atoms with van der Waals surface area (Å²) in [5.74, 6) is 2.25. The van der Waals surface area contributed by atoms with E-state index in [0.29, 0.717) is 17.8 Å². The number of aromatic nitrogens is 4. The number of rotatable bonds is 3. The molecule has 0 bridgehead atoms. The van der Waals surface area contributed by atoms with E-state index >= 15 is 0 Å². The van der Waals surface area contributed by atoms with Crippen molar-refractivity contribution in [3.05, 3.63) is 35.9 Å². The number of likely N-dealkylation sites (tertiary alicyclic amines) is 1. The fourth-order valence-corrected chi connectivity index (χ4v) is 4.24. The van der Waals surface area contributed by atoms with E-state index in [4.69, 9.17) is 9.72 Å². The molecule has 2 aromatic heterocycles. The van der Waals surface area contributed by atoms with Gasteiger partial charge in [-0.15, -0.1) is 0 Å². The zero-order valence-electron chi connectivity index (χ0n) is 15.6. The number of piperidine rings is 1. The van der Waals surface area contributed by atoms with Crippen molar-refractivity contribution in [3.63, 3.8) is 0 Å². The highest BCUT2D eigenvalue weighted by Gasteiger charge is 2.30. The molecule has 0 N–H and O–H groups in total. The fourth-order valence-electron chi connectivity index (χ4n) is 4.24. The van der Waals surface area contributed by atoms with Gasteiger partial charge >= 0.3 is 0 Å². The fraction of sp³-hybridized carbons (Fsp3) is 0.632. The maximum atomic E-state index is 12.7. The first kappa shape index (κ1) is 17.3. The lowest BCUT2D eigenvalue weighted by Crippen LogP contribution is -2.40. The molecule has 0 radical (unpaired) electrons. The third-order valence-corrected chi connectivity index (χ3v) is 5.73. The molecule has 0 aliphatic carbocycles. The Balaban J connectivity index is 1.46. The number of aryl methyl sites for hydroxylation is 2. The van der Waals surface area contributed by atoms with E-state index in [1.807, 2.05) is 24.3 Å². The third-order valence-electron chi connectivity index (χ3n) is 5.73. The number of amides is 1. The van der Waals surface area contributed by atoms with Crippen molar-refractivity contribution in [2.45, 2.75) is 44.6 Å². The summed E-state index contributed by atoms with van der Waals surface area (Å²) in [5.41, 5.74) is 1.22. The lowest BCUT2D eigenvalue weighted by Gasteiger charge is -2.35. The molecule has 1 amide bonds. The first-order chi connectivity index (χ1) is 12.6. The highest BCUT2D eigenvalue weighted by atomic mass is 16.5. The molecular formula is C19H27N5O2. The van der Waals surface area contributed by atoms with Crippen LogP contribution in [0.15, 0.2) is 18.6 Å². The van der Waals surface area contributed by atoms with Gasteiger partial charge in [-0.2, -0.15) is 0 Å². The SMILES string of the molecule is Cc1cnc(C2CCOCC2)n1C1CCN(C(=O)c2nccn2C)CC1. The summed E-state index contributed by atoms with van der Waals surface area (Å²) in [5, 5.41) is 0. The summed E-state index contributed by atoms with van der Waals surface area (Å²) in [7, 11) is 1.86. The van der Waals surface area contributed by atoms with Crippen LogP contribution >= 0.6 is 0 Å². The second kappa shape index (κ2) is 7.23. The van der Waals surface area contributed by atoms with E-state index < -0.39 is 0 Å². The first-order valence-electron chi connectivity index (χ1n) is 9.53. The molecule has 4 heterocycles. The zero-order valence-corrected chi connectivity index (χ0v) is 15.6. The molecule has 0 aromatic carbocycles. The second-order valence-corrected chi connectivity index (χ2v) is 7.40. The molecule has 0 saturated carbocycles. The number of ether oxygens (including phenoxy) is 1. The molecular weight excluding hydrogens is 330 g/mol. The van der Waals surface area contributed by atoms with E-state index in [0.717, 1.165) is 52.0 Å². The molecule has 4 rings (SSSR count). The van der Waals surface area contributed by atoms with Crippen molar-refractivity contribution >= 4 is 5.91 Å². The van der Waals surface area contributed by atoms with Crippen LogP contribution in [0.2, 0.25) is 0 Å². The van der Waals surface area contributed by atoms with E-state index in [-0.39, 0.29) is 5.91 Å². The van der Waals surface area contributed by atoms with Gasteiger partial charge in [0.2, 0.25) is 0 Å². The second-order valence-electron chi connectivity index (χ2n) is 7.40. The average molecular weight is 357 g/mol. The smallest absolute Gasteiger partial charge is 0.289 e. The Morgan fingerprint density at radius 3 is 2.54 bits per heavy atom. The summed E-state index contributed by atoms with van der Waals surface area (Å²) in [6.07, 6.45) is 9.51. The van der Waals surface area contributed by atoms with Crippen LogP contribution in [-0.2, 0) is 11.8 Å². The topological polar surface area (TPSA) is 65.2 Å². The van der Waals surface area contributed by atoms with Gasteiger partial charge in [-0.1, -0.05) is 0 Å². The molecule has 26 heavy (non-hydrogen) atoms. The van der Waals surface area contributed by atoms with Crippen LogP contribution in [0.3, 0.4) is 0 Å². The van der Waals surface area contributed by atoms with Gasteiger partial charge in [-0.25, -0.2) is 9.97 Å². The number of imidazole rings is 2. The third kappa shape index (κ3) is 3.16. The average Bonchev–Trinajstić information content (AvgIpc) is 3.27. The minimum atomic E-state index is 0.0305. The normalized spacial score (nSPS) is 19.8. The maximum Gasteiger partial charge on any atom is 0.289 e. The molecule has 2 saturated heterocycles. The Morgan fingerprint density at radius 1 is 1.15 bits per heavy atom. The Labute approximate surface area is 154 Å². The van der Waals surface area contributed by atoms with Crippen molar-refractivity contribution < 1.29 is 9.53 Å². The predicted octanol–water partition coefficient (Wildman–Crippen LogP) is 2.30. The minimum absolute atomic E-state index is 0.0305. The van der Waals surface area contributed by atoms with Gasteiger partial charge in [0.1, 0.15) is 5.82 Å². The standard InChI is InChI=1S/C19H27N5O2/c1-14-13-21-17(15-5-11-26-12-6-15)24(14)16-3-8-23(9-4-16)19(25)18-20-7-10-22(18)2/h7,10,13,15-16H,3-6,8-9,11-12H2,1-2H3. The number of carbonyl (C=O) groups excluding carboxylic acids is 1. The molecule has 0 spiro atoms. The van der Waals surface area contributed by atoms with Gasteiger partial charge in [0, 0.05) is 69.6 Å². The van der Waals surface area contributed by atoms with Crippen molar-refractivity contribution in [2.75, 3.05) is 26.3 Å². The molecule has 140 valence electrons. The van der Waals surface area contributed by atoms with Gasteiger partial charge < -0.3 is 18.8 Å². The summed E-state index contributed by atoms with van der Waals surface area (Å²) in [6.45, 7) is 5.32. The maximum absolute atomic E-state index is 12.7. The Kier molecular flexibility index (Phi) is 4.80.